The van der Waals surface area contributed by atoms with Gasteiger partial charge in [0, 0.05) is 6.04 Å². The summed E-state index contributed by atoms with van der Waals surface area (Å²) in [5.74, 6) is 1.47. The highest BCUT2D eigenvalue weighted by atomic mass is 14.7. The third-order valence-corrected chi connectivity index (χ3v) is 4.85. The van der Waals surface area contributed by atoms with Gasteiger partial charge in [-0.05, 0) is 55.4 Å². The molecule has 0 saturated heterocycles. The summed E-state index contributed by atoms with van der Waals surface area (Å²) in [7, 11) is 0. The molecular formula is C18H29N. The Bertz CT molecular complexity index is 416. The Labute approximate surface area is 118 Å². The molecule has 1 heteroatoms. The third kappa shape index (κ3) is 3.82. The van der Waals surface area contributed by atoms with Crippen molar-refractivity contribution in [3.63, 3.8) is 0 Å². The van der Waals surface area contributed by atoms with E-state index >= 15 is 0 Å². The molecule has 3 atom stereocenters. The molecule has 1 aromatic rings. The summed E-state index contributed by atoms with van der Waals surface area (Å²) in [5.41, 5.74) is 9.60. The van der Waals surface area contributed by atoms with Gasteiger partial charge in [-0.1, -0.05) is 50.6 Å². The zero-order valence-corrected chi connectivity index (χ0v) is 12.9. The molecule has 1 nitrogen and oxygen atoms in total. The highest BCUT2D eigenvalue weighted by Crippen LogP contribution is 2.40. The molecule has 0 spiro atoms. The molecule has 2 N–H and O–H groups in total. The van der Waals surface area contributed by atoms with Crippen LogP contribution < -0.4 is 5.73 Å². The molecule has 0 aliphatic heterocycles. The van der Waals surface area contributed by atoms with Crippen molar-refractivity contribution in [2.45, 2.75) is 59.4 Å². The van der Waals surface area contributed by atoms with Gasteiger partial charge in [0.1, 0.15) is 0 Å². The summed E-state index contributed by atoms with van der Waals surface area (Å²) in [5, 5.41) is 0. The smallest absolute Gasteiger partial charge is 0.00705 e. The van der Waals surface area contributed by atoms with Gasteiger partial charge in [0.15, 0.2) is 0 Å². The average Bonchev–Trinajstić information content (AvgIpc) is 2.30. The fourth-order valence-electron chi connectivity index (χ4n) is 3.45. The topological polar surface area (TPSA) is 26.0 Å². The number of benzene rings is 1. The number of hydrogen-bond acceptors (Lipinski definition) is 1. The summed E-state index contributed by atoms with van der Waals surface area (Å²) in [4.78, 5) is 0. The van der Waals surface area contributed by atoms with E-state index in [4.69, 9.17) is 5.73 Å². The second-order valence-corrected chi connectivity index (χ2v) is 7.49. The molecule has 1 aliphatic carbocycles. The van der Waals surface area contributed by atoms with Crippen molar-refractivity contribution in [3.8, 4) is 0 Å². The molecular weight excluding hydrogens is 230 g/mol. The van der Waals surface area contributed by atoms with Crippen LogP contribution in [-0.4, -0.2) is 6.04 Å². The number of hydrogen-bond donors (Lipinski definition) is 1. The van der Waals surface area contributed by atoms with E-state index in [0.717, 1.165) is 12.3 Å². The maximum Gasteiger partial charge on any atom is 0.00705 e. The van der Waals surface area contributed by atoms with Gasteiger partial charge in [-0.25, -0.2) is 0 Å². The van der Waals surface area contributed by atoms with Crippen molar-refractivity contribution in [2.75, 3.05) is 0 Å². The molecule has 106 valence electrons. The summed E-state index contributed by atoms with van der Waals surface area (Å²) in [6, 6.07) is 9.29. The minimum atomic E-state index is 0.388. The van der Waals surface area contributed by atoms with Gasteiger partial charge in [0.25, 0.3) is 0 Å². The Morgan fingerprint density at radius 2 is 1.95 bits per heavy atom. The van der Waals surface area contributed by atoms with E-state index in [0.29, 0.717) is 17.4 Å². The van der Waals surface area contributed by atoms with Gasteiger partial charge in [-0.15, -0.1) is 0 Å². The molecule has 0 bridgehead atoms. The predicted octanol–water partition coefficient (Wildman–Crippen LogP) is 4.33. The molecule has 3 unspecified atom stereocenters. The number of aryl methyl sites for hydroxylation is 1. The van der Waals surface area contributed by atoms with Crippen molar-refractivity contribution < 1.29 is 0 Å². The highest BCUT2D eigenvalue weighted by Gasteiger charge is 2.34. The lowest BCUT2D eigenvalue weighted by atomic mass is 9.66. The Hall–Kier alpha value is -0.820. The van der Waals surface area contributed by atoms with Crippen LogP contribution in [0.2, 0.25) is 0 Å². The molecule has 1 fully saturated rings. The molecule has 1 saturated carbocycles. The second kappa shape index (κ2) is 5.66. The van der Waals surface area contributed by atoms with Crippen molar-refractivity contribution in [3.05, 3.63) is 35.4 Å². The molecule has 0 radical (unpaired) electrons. The summed E-state index contributed by atoms with van der Waals surface area (Å²) in [6.45, 7) is 9.29. The van der Waals surface area contributed by atoms with E-state index in [2.05, 4.69) is 52.0 Å². The minimum absolute atomic E-state index is 0.388. The van der Waals surface area contributed by atoms with E-state index in [9.17, 15) is 0 Å². The monoisotopic (exact) mass is 259 g/mol. The largest absolute Gasteiger partial charge is 0.327 e. The van der Waals surface area contributed by atoms with Crippen LogP contribution in [0.25, 0.3) is 0 Å². The normalized spacial score (nSPS) is 28.4. The molecule has 0 aromatic heterocycles. The molecule has 1 aromatic carbocycles. The first kappa shape index (κ1) is 14.6. The van der Waals surface area contributed by atoms with Gasteiger partial charge in [-0.2, -0.15) is 0 Å². The fourth-order valence-corrected chi connectivity index (χ4v) is 3.45. The number of rotatable bonds is 2. The van der Waals surface area contributed by atoms with Crippen LogP contribution in [0.5, 0.6) is 0 Å². The van der Waals surface area contributed by atoms with E-state index < -0.39 is 0 Å². The van der Waals surface area contributed by atoms with E-state index in [1.54, 1.807) is 0 Å². The number of nitrogens with two attached hydrogens (primary N) is 1. The summed E-state index contributed by atoms with van der Waals surface area (Å²) in [6.07, 6.45) is 4.93. The lowest BCUT2D eigenvalue weighted by Crippen LogP contribution is -2.40. The summed E-state index contributed by atoms with van der Waals surface area (Å²) < 4.78 is 0. The Morgan fingerprint density at radius 3 is 2.58 bits per heavy atom. The predicted molar refractivity (Wildman–Crippen MR) is 83.1 cm³/mol. The molecule has 0 amide bonds. The Morgan fingerprint density at radius 1 is 1.21 bits per heavy atom. The zero-order chi connectivity index (χ0) is 14.0. The zero-order valence-electron chi connectivity index (χ0n) is 12.9. The van der Waals surface area contributed by atoms with E-state index in [-0.39, 0.29) is 0 Å². The second-order valence-electron chi connectivity index (χ2n) is 7.49. The van der Waals surface area contributed by atoms with Crippen molar-refractivity contribution in [2.24, 2.45) is 23.0 Å². The third-order valence-electron chi connectivity index (χ3n) is 4.85. The minimum Gasteiger partial charge on any atom is -0.327 e. The molecule has 19 heavy (non-hydrogen) atoms. The first-order valence-corrected chi connectivity index (χ1v) is 7.67. The SMILES string of the molecule is Cc1cccc(CC2CC(C(C)(C)C)CCC2N)c1. The van der Waals surface area contributed by atoms with Gasteiger partial charge in [0.2, 0.25) is 0 Å². The standard InChI is InChI=1S/C18H29N/c1-13-6-5-7-14(10-13)11-15-12-16(18(2,3)4)8-9-17(15)19/h5-7,10,15-17H,8-9,11-12,19H2,1-4H3. The van der Waals surface area contributed by atoms with Crippen LogP contribution in [0.15, 0.2) is 24.3 Å². The first-order valence-electron chi connectivity index (χ1n) is 7.67. The lowest BCUT2D eigenvalue weighted by Gasteiger charge is -2.40. The van der Waals surface area contributed by atoms with Gasteiger partial charge in [0.05, 0.1) is 0 Å². The van der Waals surface area contributed by atoms with Crippen molar-refractivity contribution in [1.82, 2.24) is 0 Å². The highest BCUT2D eigenvalue weighted by molar-refractivity contribution is 5.23. The van der Waals surface area contributed by atoms with Crippen molar-refractivity contribution >= 4 is 0 Å². The van der Waals surface area contributed by atoms with Crippen LogP contribution in [0, 0.1) is 24.2 Å². The van der Waals surface area contributed by atoms with Crippen LogP contribution in [0.4, 0.5) is 0 Å². The Balaban J connectivity index is 2.05. The molecule has 2 rings (SSSR count). The Kier molecular flexibility index (Phi) is 4.35. The molecule has 0 heterocycles. The first-order chi connectivity index (χ1) is 8.86. The van der Waals surface area contributed by atoms with Crippen LogP contribution in [-0.2, 0) is 6.42 Å². The fraction of sp³-hybridized carbons (Fsp3) is 0.667. The lowest BCUT2D eigenvalue weighted by molar-refractivity contribution is 0.127. The average molecular weight is 259 g/mol. The maximum atomic E-state index is 6.37. The van der Waals surface area contributed by atoms with Crippen molar-refractivity contribution in [1.29, 1.82) is 0 Å². The van der Waals surface area contributed by atoms with Gasteiger partial charge >= 0.3 is 0 Å². The van der Waals surface area contributed by atoms with Gasteiger partial charge < -0.3 is 5.73 Å². The van der Waals surface area contributed by atoms with Crippen LogP contribution in [0.1, 0.15) is 51.2 Å². The van der Waals surface area contributed by atoms with Gasteiger partial charge in [-0.3, -0.25) is 0 Å². The van der Waals surface area contributed by atoms with E-state index in [1.165, 1.54) is 30.4 Å². The maximum absolute atomic E-state index is 6.37. The van der Waals surface area contributed by atoms with E-state index in [1.807, 2.05) is 0 Å². The quantitative estimate of drug-likeness (QED) is 0.840. The summed E-state index contributed by atoms with van der Waals surface area (Å²) >= 11 is 0. The van der Waals surface area contributed by atoms with Crippen LogP contribution >= 0.6 is 0 Å². The van der Waals surface area contributed by atoms with Crippen LogP contribution in [0.3, 0.4) is 0 Å². The molecule has 1 aliphatic rings.